The highest BCUT2D eigenvalue weighted by Gasteiger charge is 2.04. The number of ketones is 1. The van der Waals surface area contributed by atoms with Gasteiger partial charge in [0, 0.05) is 23.6 Å². The van der Waals surface area contributed by atoms with E-state index in [0.717, 1.165) is 5.56 Å². The zero-order valence-electron chi connectivity index (χ0n) is 9.21. The molecule has 17 heavy (non-hydrogen) atoms. The molecule has 0 atom stereocenters. The molecule has 1 aromatic carbocycles. The lowest BCUT2D eigenvalue weighted by Crippen LogP contribution is -1.99. The second-order valence-electron chi connectivity index (χ2n) is 3.57. The summed E-state index contributed by atoms with van der Waals surface area (Å²) in [4.78, 5) is 15.8. The van der Waals surface area contributed by atoms with E-state index in [1.807, 2.05) is 12.1 Å². The molecule has 1 aromatic heterocycles. The van der Waals surface area contributed by atoms with Crippen LogP contribution in [0.25, 0.3) is 6.08 Å². The van der Waals surface area contributed by atoms with Gasteiger partial charge in [0.25, 0.3) is 0 Å². The van der Waals surface area contributed by atoms with Crippen LogP contribution in [0.4, 0.5) is 5.69 Å². The average Bonchev–Trinajstić information content (AvgIpc) is 2.38. The molecule has 2 aromatic rings. The lowest BCUT2D eigenvalue weighted by molar-refractivity contribution is 0.104. The fourth-order valence-electron chi connectivity index (χ4n) is 1.46. The Kier molecular flexibility index (Phi) is 3.31. The second-order valence-corrected chi connectivity index (χ2v) is 3.57. The summed E-state index contributed by atoms with van der Waals surface area (Å²) >= 11 is 0. The Morgan fingerprint density at radius 3 is 2.53 bits per heavy atom. The Balaban J connectivity index is 2.18. The first-order valence-electron chi connectivity index (χ1n) is 5.24. The first kappa shape index (κ1) is 11.1. The topological polar surface area (TPSA) is 56.0 Å². The predicted molar refractivity (Wildman–Crippen MR) is 68.5 cm³/mol. The summed E-state index contributed by atoms with van der Waals surface area (Å²) < 4.78 is 0. The van der Waals surface area contributed by atoms with Crippen molar-refractivity contribution in [2.75, 3.05) is 5.73 Å². The van der Waals surface area contributed by atoms with Crippen molar-refractivity contribution in [2.45, 2.75) is 0 Å². The molecular formula is C14H12N2O. The Labute approximate surface area is 99.6 Å². The third-order valence-electron chi connectivity index (χ3n) is 2.36. The van der Waals surface area contributed by atoms with Crippen molar-refractivity contribution in [1.29, 1.82) is 0 Å². The first-order valence-corrected chi connectivity index (χ1v) is 5.24. The maximum absolute atomic E-state index is 11.9. The second kappa shape index (κ2) is 5.07. The minimum absolute atomic E-state index is 0.0973. The van der Waals surface area contributed by atoms with Crippen LogP contribution in [-0.2, 0) is 0 Å². The van der Waals surface area contributed by atoms with Crippen molar-refractivity contribution in [1.82, 2.24) is 4.98 Å². The zero-order chi connectivity index (χ0) is 12.1. The standard InChI is InChI=1S/C14H12N2O/c15-13-4-2-1-3-12(13)14(17)6-5-11-7-9-16-10-8-11/h1-10H,15H2. The van der Waals surface area contributed by atoms with E-state index in [1.54, 1.807) is 42.7 Å². The van der Waals surface area contributed by atoms with Crippen molar-refractivity contribution >= 4 is 17.5 Å². The Hall–Kier alpha value is -2.42. The number of nitrogens with zero attached hydrogens (tertiary/aromatic N) is 1. The molecule has 3 nitrogen and oxygen atoms in total. The number of carbonyl (C=O) groups is 1. The summed E-state index contributed by atoms with van der Waals surface area (Å²) in [5.74, 6) is -0.0973. The van der Waals surface area contributed by atoms with Crippen LogP contribution in [0.5, 0.6) is 0 Å². The normalized spacial score (nSPS) is 10.6. The van der Waals surface area contributed by atoms with E-state index in [2.05, 4.69) is 4.98 Å². The third kappa shape index (κ3) is 2.78. The summed E-state index contributed by atoms with van der Waals surface area (Å²) in [6, 6.07) is 10.7. The molecule has 0 fully saturated rings. The lowest BCUT2D eigenvalue weighted by Gasteiger charge is -1.99. The molecule has 0 aliphatic carbocycles. The van der Waals surface area contributed by atoms with E-state index < -0.39 is 0 Å². The summed E-state index contributed by atoms with van der Waals surface area (Å²) in [5, 5.41) is 0. The molecule has 0 bridgehead atoms. The van der Waals surface area contributed by atoms with Crippen LogP contribution < -0.4 is 5.73 Å². The van der Waals surface area contributed by atoms with E-state index >= 15 is 0 Å². The number of hydrogen-bond donors (Lipinski definition) is 1. The summed E-state index contributed by atoms with van der Waals surface area (Å²) in [6.45, 7) is 0. The largest absolute Gasteiger partial charge is 0.398 e. The van der Waals surface area contributed by atoms with Gasteiger partial charge in [-0.15, -0.1) is 0 Å². The van der Waals surface area contributed by atoms with Gasteiger partial charge in [-0.3, -0.25) is 9.78 Å². The van der Waals surface area contributed by atoms with Crippen LogP contribution >= 0.6 is 0 Å². The monoisotopic (exact) mass is 224 g/mol. The van der Waals surface area contributed by atoms with Gasteiger partial charge in [-0.05, 0) is 35.9 Å². The van der Waals surface area contributed by atoms with E-state index in [9.17, 15) is 4.79 Å². The number of anilines is 1. The maximum atomic E-state index is 11.9. The van der Waals surface area contributed by atoms with Gasteiger partial charge >= 0.3 is 0 Å². The highest BCUT2D eigenvalue weighted by atomic mass is 16.1. The molecule has 0 spiro atoms. The smallest absolute Gasteiger partial charge is 0.187 e. The van der Waals surface area contributed by atoms with Gasteiger partial charge in [-0.1, -0.05) is 18.2 Å². The SMILES string of the molecule is Nc1ccccc1C(=O)C=Cc1ccncc1. The molecule has 2 N–H and O–H groups in total. The van der Waals surface area contributed by atoms with Gasteiger partial charge < -0.3 is 5.73 Å². The molecule has 3 heteroatoms. The van der Waals surface area contributed by atoms with Gasteiger partial charge in [0.2, 0.25) is 0 Å². The van der Waals surface area contributed by atoms with Gasteiger partial charge in [0.05, 0.1) is 0 Å². The third-order valence-corrected chi connectivity index (χ3v) is 2.36. The number of pyridine rings is 1. The van der Waals surface area contributed by atoms with Crippen molar-refractivity contribution in [2.24, 2.45) is 0 Å². The molecule has 0 saturated heterocycles. The van der Waals surface area contributed by atoms with Gasteiger partial charge in [-0.25, -0.2) is 0 Å². The van der Waals surface area contributed by atoms with Crippen LogP contribution in [0, 0.1) is 0 Å². The van der Waals surface area contributed by atoms with E-state index in [4.69, 9.17) is 5.73 Å². The summed E-state index contributed by atoms with van der Waals surface area (Å²) in [6.07, 6.45) is 6.62. The zero-order valence-corrected chi connectivity index (χ0v) is 9.21. The highest BCUT2D eigenvalue weighted by molar-refractivity contribution is 6.10. The molecule has 0 aliphatic heterocycles. The van der Waals surface area contributed by atoms with Crippen LogP contribution in [0.1, 0.15) is 15.9 Å². The number of allylic oxidation sites excluding steroid dienone is 1. The molecular weight excluding hydrogens is 212 g/mol. The Morgan fingerprint density at radius 2 is 1.82 bits per heavy atom. The van der Waals surface area contributed by atoms with E-state index in [1.165, 1.54) is 6.08 Å². The molecule has 1 heterocycles. The van der Waals surface area contributed by atoms with Gasteiger partial charge in [0.1, 0.15) is 0 Å². The fourth-order valence-corrected chi connectivity index (χ4v) is 1.46. The number of nitrogen functional groups attached to an aromatic ring is 1. The average molecular weight is 224 g/mol. The number of nitrogens with two attached hydrogens (primary N) is 1. The van der Waals surface area contributed by atoms with Crippen molar-refractivity contribution in [3.63, 3.8) is 0 Å². The fraction of sp³-hybridized carbons (Fsp3) is 0. The maximum Gasteiger partial charge on any atom is 0.187 e. The summed E-state index contributed by atoms with van der Waals surface area (Å²) in [7, 11) is 0. The molecule has 0 amide bonds. The molecule has 0 aliphatic rings. The predicted octanol–water partition coefficient (Wildman–Crippen LogP) is 2.56. The van der Waals surface area contributed by atoms with E-state index in [0.29, 0.717) is 11.3 Å². The summed E-state index contributed by atoms with van der Waals surface area (Å²) in [5.41, 5.74) is 7.68. The number of aromatic nitrogens is 1. The van der Waals surface area contributed by atoms with Crippen LogP contribution in [0.2, 0.25) is 0 Å². The van der Waals surface area contributed by atoms with Gasteiger partial charge in [-0.2, -0.15) is 0 Å². The van der Waals surface area contributed by atoms with Crippen molar-refractivity contribution in [3.05, 3.63) is 66.0 Å². The minimum atomic E-state index is -0.0973. The number of rotatable bonds is 3. The minimum Gasteiger partial charge on any atom is -0.398 e. The molecule has 0 saturated carbocycles. The Morgan fingerprint density at radius 1 is 1.12 bits per heavy atom. The first-order chi connectivity index (χ1) is 8.27. The Bertz CT molecular complexity index is 547. The van der Waals surface area contributed by atoms with Crippen LogP contribution in [-0.4, -0.2) is 10.8 Å². The van der Waals surface area contributed by atoms with Crippen molar-refractivity contribution in [3.8, 4) is 0 Å². The highest BCUT2D eigenvalue weighted by Crippen LogP contribution is 2.12. The lowest BCUT2D eigenvalue weighted by atomic mass is 10.1. The van der Waals surface area contributed by atoms with Crippen LogP contribution in [0.15, 0.2) is 54.9 Å². The van der Waals surface area contributed by atoms with Crippen molar-refractivity contribution < 1.29 is 4.79 Å². The molecule has 84 valence electrons. The number of para-hydroxylation sites is 1. The molecule has 0 unspecified atom stereocenters. The number of carbonyl (C=O) groups excluding carboxylic acids is 1. The van der Waals surface area contributed by atoms with E-state index in [-0.39, 0.29) is 5.78 Å². The van der Waals surface area contributed by atoms with Gasteiger partial charge in [0.15, 0.2) is 5.78 Å². The molecule has 2 rings (SSSR count). The quantitative estimate of drug-likeness (QED) is 0.495. The molecule has 0 radical (unpaired) electrons. The van der Waals surface area contributed by atoms with Crippen LogP contribution in [0.3, 0.4) is 0 Å². The number of benzene rings is 1. The number of hydrogen-bond acceptors (Lipinski definition) is 3.